The van der Waals surface area contributed by atoms with Crippen molar-refractivity contribution in [2.45, 2.75) is 57.5 Å². The molecule has 33 heavy (non-hydrogen) atoms. The fraction of sp³-hybridized carbons (Fsp3) is 0.600. The average Bonchev–Trinajstić information content (AvgIpc) is 3.46. The van der Waals surface area contributed by atoms with E-state index in [0.717, 1.165) is 67.9 Å². The van der Waals surface area contributed by atoms with Crippen LogP contribution in [0.1, 0.15) is 44.1 Å². The maximum atomic E-state index is 13.0. The Labute approximate surface area is 195 Å². The minimum Gasteiger partial charge on any atom is -0.497 e. The van der Waals surface area contributed by atoms with E-state index in [0.29, 0.717) is 25.4 Å². The van der Waals surface area contributed by atoms with Gasteiger partial charge in [0.05, 0.1) is 39.3 Å². The maximum Gasteiger partial charge on any atom is 0.222 e. The van der Waals surface area contributed by atoms with Crippen LogP contribution in [-0.4, -0.2) is 65.7 Å². The van der Waals surface area contributed by atoms with Gasteiger partial charge in [-0.2, -0.15) is 5.10 Å². The van der Waals surface area contributed by atoms with Crippen LogP contribution in [0.3, 0.4) is 0 Å². The van der Waals surface area contributed by atoms with Crippen LogP contribution < -0.4 is 14.8 Å². The predicted molar refractivity (Wildman–Crippen MR) is 127 cm³/mol. The van der Waals surface area contributed by atoms with Gasteiger partial charge in [0.1, 0.15) is 11.5 Å². The molecule has 0 unspecified atom stereocenters. The molecular formula is C25H36N4O4. The van der Waals surface area contributed by atoms with Crippen molar-refractivity contribution < 1.29 is 19.4 Å². The normalized spacial score (nSPS) is 22.5. The topological polar surface area (TPSA) is 88.9 Å². The number of aromatic nitrogens is 2. The number of rotatable bonds is 9. The molecule has 2 N–H and O–H groups in total. The van der Waals surface area contributed by atoms with Gasteiger partial charge in [-0.3, -0.25) is 9.48 Å². The summed E-state index contributed by atoms with van der Waals surface area (Å²) in [6.07, 6.45) is 10.5. The number of nitrogens with zero attached hydrogens (tertiary/aromatic N) is 3. The summed E-state index contributed by atoms with van der Waals surface area (Å²) >= 11 is 0. The molecule has 2 fully saturated rings. The highest BCUT2D eigenvalue weighted by Gasteiger charge is 2.42. The molecule has 1 spiro atoms. The van der Waals surface area contributed by atoms with Crippen LogP contribution in [0.4, 0.5) is 5.69 Å². The summed E-state index contributed by atoms with van der Waals surface area (Å²) in [5.74, 6) is 1.81. The molecule has 1 aromatic carbocycles. The smallest absolute Gasteiger partial charge is 0.222 e. The Hall–Kier alpha value is -2.74. The number of hydrogen-bond acceptors (Lipinski definition) is 6. The number of methoxy groups -OCH3 is 2. The highest BCUT2D eigenvalue weighted by atomic mass is 16.5. The highest BCUT2D eigenvalue weighted by molar-refractivity contribution is 5.77. The maximum absolute atomic E-state index is 13.0. The standard InChI is InChI=1S/C25H36N4O4/c1-32-22-4-5-23(33-2)19(15-22)3-6-24(31)28-12-11-25(18-28)9-7-20(8-10-25)27-21-16-26-29(17-21)13-14-30/h4-5,15-17,20,27,30H,3,6-14,18H2,1-2H3. The molecule has 1 amide bonds. The van der Waals surface area contributed by atoms with Crippen LogP contribution in [0.15, 0.2) is 30.6 Å². The average molecular weight is 457 g/mol. The quantitative estimate of drug-likeness (QED) is 0.603. The van der Waals surface area contributed by atoms with Crippen molar-refractivity contribution in [2.24, 2.45) is 5.41 Å². The van der Waals surface area contributed by atoms with E-state index in [1.807, 2.05) is 30.6 Å². The molecule has 8 nitrogen and oxygen atoms in total. The van der Waals surface area contributed by atoms with Crippen LogP contribution in [0.2, 0.25) is 0 Å². The lowest BCUT2D eigenvalue weighted by atomic mass is 9.72. The number of benzene rings is 1. The summed E-state index contributed by atoms with van der Waals surface area (Å²) in [7, 11) is 3.30. The van der Waals surface area contributed by atoms with Crippen LogP contribution >= 0.6 is 0 Å². The lowest BCUT2D eigenvalue weighted by Crippen LogP contribution is -2.37. The first-order valence-corrected chi connectivity index (χ1v) is 11.9. The Bertz CT molecular complexity index is 936. The zero-order valence-electron chi connectivity index (χ0n) is 19.8. The molecule has 0 bridgehead atoms. The third-order valence-corrected chi connectivity index (χ3v) is 7.27. The molecule has 2 heterocycles. The number of ether oxygens (including phenoxy) is 2. The molecule has 180 valence electrons. The first kappa shape index (κ1) is 23.4. The van der Waals surface area contributed by atoms with E-state index in [2.05, 4.69) is 15.3 Å². The number of likely N-dealkylation sites (tertiary alicyclic amines) is 1. The van der Waals surface area contributed by atoms with Gasteiger partial charge in [0, 0.05) is 31.7 Å². The van der Waals surface area contributed by atoms with Gasteiger partial charge in [0.15, 0.2) is 0 Å². The van der Waals surface area contributed by atoms with Gasteiger partial charge >= 0.3 is 0 Å². The summed E-state index contributed by atoms with van der Waals surface area (Å²) in [6, 6.07) is 6.17. The predicted octanol–water partition coefficient (Wildman–Crippen LogP) is 3.10. The van der Waals surface area contributed by atoms with Crippen LogP contribution in [0, 0.1) is 5.41 Å². The number of aryl methyl sites for hydroxylation is 1. The Morgan fingerprint density at radius 2 is 2.06 bits per heavy atom. The lowest BCUT2D eigenvalue weighted by Gasteiger charge is -2.37. The van der Waals surface area contributed by atoms with Gasteiger partial charge < -0.3 is 24.8 Å². The van der Waals surface area contributed by atoms with Crippen LogP contribution in [-0.2, 0) is 17.8 Å². The minimum atomic E-state index is 0.0926. The van der Waals surface area contributed by atoms with E-state index in [4.69, 9.17) is 14.6 Å². The Balaban J connectivity index is 1.25. The second kappa shape index (κ2) is 10.5. The zero-order chi connectivity index (χ0) is 23.3. The minimum absolute atomic E-state index is 0.0926. The number of nitrogens with one attached hydrogen (secondary N) is 1. The van der Waals surface area contributed by atoms with E-state index in [9.17, 15) is 4.79 Å². The molecule has 2 aromatic rings. The van der Waals surface area contributed by atoms with Gasteiger partial charge in [-0.25, -0.2) is 0 Å². The third kappa shape index (κ3) is 5.61. The number of aliphatic hydroxyl groups is 1. The van der Waals surface area contributed by atoms with Crippen LogP contribution in [0.25, 0.3) is 0 Å². The second-order valence-electron chi connectivity index (χ2n) is 9.38. The van der Waals surface area contributed by atoms with Crippen molar-refractivity contribution in [2.75, 3.05) is 39.2 Å². The number of carbonyl (C=O) groups excluding carboxylic acids is 1. The Morgan fingerprint density at radius 3 is 2.79 bits per heavy atom. The third-order valence-electron chi connectivity index (χ3n) is 7.27. The van der Waals surface area contributed by atoms with E-state index < -0.39 is 0 Å². The van der Waals surface area contributed by atoms with Crippen molar-refractivity contribution in [3.05, 3.63) is 36.2 Å². The number of anilines is 1. The first-order chi connectivity index (χ1) is 16.0. The van der Waals surface area contributed by atoms with Crippen molar-refractivity contribution in [1.82, 2.24) is 14.7 Å². The Morgan fingerprint density at radius 1 is 1.24 bits per heavy atom. The van der Waals surface area contributed by atoms with E-state index >= 15 is 0 Å². The summed E-state index contributed by atoms with van der Waals surface area (Å²) in [5.41, 5.74) is 2.29. The monoisotopic (exact) mass is 456 g/mol. The number of aliphatic hydroxyl groups excluding tert-OH is 1. The summed E-state index contributed by atoms with van der Waals surface area (Å²) in [4.78, 5) is 15.0. The Kier molecular flexibility index (Phi) is 7.42. The van der Waals surface area contributed by atoms with Crippen LogP contribution in [0.5, 0.6) is 11.5 Å². The fourth-order valence-corrected chi connectivity index (χ4v) is 5.31. The molecule has 1 aromatic heterocycles. The molecule has 1 saturated heterocycles. The molecule has 1 aliphatic heterocycles. The van der Waals surface area contributed by atoms with Crippen molar-refractivity contribution in [3.63, 3.8) is 0 Å². The van der Waals surface area contributed by atoms with Gasteiger partial charge in [-0.15, -0.1) is 0 Å². The summed E-state index contributed by atoms with van der Waals surface area (Å²) in [6.45, 7) is 2.35. The molecule has 4 rings (SSSR count). The molecule has 8 heteroatoms. The van der Waals surface area contributed by atoms with Gasteiger partial charge in [0.2, 0.25) is 5.91 Å². The zero-order valence-corrected chi connectivity index (χ0v) is 19.8. The first-order valence-electron chi connectivity index (χ1n) is 11.9. The number of carbonyl (C=O) groups is 1. The van der Waals surface area contributed by atoms with Crippen molar-refractivity contribution in [1.29, 1.82) is 0 Å². The van der Waals surface area contributed by atoms with E-state index in [1.165, 1.54) is 0 Å². The number of hydrogen-bond donors (Lipinski definition) is 2. The van der Waals surface area contributed by atoms with Gasteiger partial charge in [-0.05, 0) is 67.7 Å². The molecule has 2 aliphatic rings. The largest absolute Gasteiger partial charge is 0.497 e. The second-order valence-corrected chi connectivity index (χ2v) is 9.38. The van der Waals surface area contributed by atoms with E-state index in [-0.39, 0.29) is 17.9 Å². The van der Waals surface area contributed by atoms with E-state index in [1.54, 1.807) is 18.9 Å². The fourth-order valence-electron chi connectivity index (χ4n) is 5.31. The lowest BCUT2D eigenvalue weighted by molar-refractivity contribution is -0.130. The SMILES string of the molecule is COc1ccc(OC)c(CCC(=O)N2CCC3(CCC(Nc4cnn(CCO)c4)CC3)C2)c1. The molecular weight excluding hydrogens is 420 g/mol. The molecule has 1 aliphatic carbocycles. The number of amides is 1. The van der Waals surface area contributed by atoms with Gasteiger partial charge in [0.25, 0.3) is 0 Å². The summed E-state index contributed by atoms with van der Waals surface area (Å²) < 4.78 is 12.5. The summed E-state index contributed by atoms with van der Waals surface area (Å²) in [5, 5.41) is 16.9. The van der Waals surface area contributed by atoms with Crippen molar-refractivity contribution in [3.8, 4) is 11.5 Å². The molecule has 1 saturated carbocycles. The van der Waals surface area contributed by atoms with Gasteiger partial charge in [-0.1, -0.05) is 0 Å². The molecule has 0 radical (unpaired) electrons. The van der Waals surface area contributed by atoms with Crippen molar-refractivity contribution >= 4 is 11.6 Å². The highest BCUT2D eigenvalue weighted by Crippen LogP contribution is 2.44. The molecule has 0 atom stereocenters.